The van der Waals surface area contributed by atoms with Crippen LogP contribution in [0, 0.1) is 10.1 Å². The molecule has 0 fully saturated rings. The number of hydrogen-bond donors (Lipinski definition) is 0. The van der Waals surface area contributed by atoms with Gasteiger partial charge in [0.05, 0.1) is 19.1 Å². The Bertz CT molecular complexity index is 703. The van der Waals surface area contributed by atoms with E-state index < -0.39 is 0 Å². The SMILES string of the molecule is COc1ccc(CCN(C)Cc2cccc([N+](=O)[O-])c2)cc1OC. The molecule has 0 aromatic heterocycles. The fourth-order valence-corrected chi connectivity index (χ4v) is 2.52. The van der Waals surface area contributed by atoms with Gasteiger partial charge in [0.25, 0.3) is 5.69 Å². The number of nitrogens with zero attached hydrogens (tertiary/aromatic N) is 2. The Morgan fingerprint density at radius 3 is 2.46 bits per heavy atom. The van der Waals surface area contributed by atoms with E-state index in [1.807, 2.05) is 31.3 Å². The van der Waals surface area contributed by atoms with Crippen molar-refractivity contribution in [3.8, 4) is 11.5 Å². The Kier molecular flexibility index (Phi) is 6.14. The topological polar surface area (TPSA) is 64.8 Å². The molecule has 0 saturated carbocycles. The monoisotopic (exact) mass is 330 g/mol. The Morgan fingerprint density at radius 2 is 1.79 bits per heavy atom. The molecule has 0 atom stereocenters. The molecule has 0 aliphatic carbocycles. The molecule has 2 aromatic carbocycles. The van der Waals surface area contributed by atoms with Crippen LogP contribution < -0.4 is 9.47 Å². The smallest absolute Gasteiger partial charge is 0.269 e. The lowest BCUT2D eigenvalue weighted by atomic mass is 10.1. The van der Waals surface area contributed by atoms with Gasteiger partial charge < -0.3 is 14.4 Å². The predicted molar refractivity (Wildman–Crippen MR) is 92.7 cm³/mol. The van der Waals surface area contributed by atoms with E-state index in [9.17, 15) is 10.1 Å². The summed E-state index contributed by atoms with van der Waals surface area (Å²) in [7, 11) is 5.24. The van der Waals surface area contributed by atoms with Crippen LogP contribution in [-0.2, 0) is 13.0 Å². The third-order valence-corrected chi connectivity index (χ3v) is 3.80. The summed E-state index contributed by atoms with van der Waals surface area (Å²) in [5, 5.41) is 10.8. The van der Waals surface area contributed by atoms with Gasteiger partial charge in [-0.15, -0.1) is 0 Å². The maximum absolute atomic E-state index is 10.8. The van der Waals surface area contributed by atoms with Crippen LogP contribution >= 0.6 is 0 Å². The normalized spacial score (nSPS) is 10.7. The Morgan fingerprint density at radius 1 is 1.04 bits per heavy atom. The van der Waals surface area contributed by atoms with Crippen molar-refractivity contribution in [1.29, 1.82) is 0 Å². The van der Waals surface area contributed by atoms with Crippen molar-refractivity contribution in [2.75, 3.05) is 27.8 Å². The van der Waals surface area contributed by atoms with Crippen LogP contribution in [0.3, 0.4) is 0 Å². The fourth-order valence-electron chi connectivity index (χ4n) is 2.52. The van der Waals surface area contributed by atoms with Crippen LogP contribution in [-0.4, -0.2) is 37.6 Å². The largest absolute Gasteiger partial charge is 0.493 e. The first-order valence-electron chi connectivity index (χ1n) is 7.66. The summed E-state index contributed by atoms with van der Waals surface area (Å²) in [5.41, 5.74) is 2.21. The lowest BCUT2D eigenvalue weighted by Gasteiger charge is -2.17. The average Bonchev–Trinajstić information content (AvgIpc) is 2.59. The summed E-state index contributed by atoms with van der Waals surface area (Å²) in [6.07, 6.45) is 0.853. The second kappa shape index (κ2) is 8.31. The first-order chi connectivity index (χ1) is 11.5. The molecule has 0 heterocycles. The molecule has 0 amide bonds. The molecule has 6 heteroatoms. The van der Waals surface area contributed by atoms with Crippen molar-refractivity contribution in [1.82, 2.24) is 4.90 Å². The minimum atomic E-state index is -0.368. The molecule has 0 N–H and O–H groups in total. The third kappa shape index (κ3) is 4.70. The summed E-state index contributed by atoms with van der Waals surface area (Å²) in [5.74, 6) is 1.43. The highest BCUT2D eigenvalue weighted by atomic mass is 16.6. The number of methoxy groups -OCH3 is 2. The fraction of sp³-hybridized carbons (Fsp3) is 0.333. The van der Waals surface area contributed by atoms with E-state index in [-0.39, 0.29) is 10.6 Å². The van der Waals surface area contributed by atoms with Crippen molar-refractivity contribution in [3.63, 3.8) is 0 Å². The Balaban J connectivity index is 1.94. The van der Waals surface area contributed by atoms with Crippen molar-refractivity contribution < 1.29 is 14.4 Å². The van der Waals surface area contributed by atoms with E-state index in [4.69, 9.17) is 9.47 Å². The van der Waals surface area contributed by atoms with Gasteiger partial charge in [-0.05, 0) is 36.7 Å². The summed E-state index contributed by atoms with van der Waals surface area (Å²) in [6.45, 7) is 1.49. The van der Waals surface area contributed by atoms with E-state index in [0.29, 0.717) is 12.3 Å². The van der Waals surface area contributed by atoms with Crippen LogP contribution in [0.25, 0.3) is 0 Å². The Hall–Kier alpha value is -2.60. The first kappa shape index (κ1) is 17.7. The average molecular weight is 330 g/mol. The third-order valence-electron chi connectivity index (χ3n) is 3.80. The van der Waals surface area contributed by atoms with E-state index >= 15 is 0 Å². The number of benzene rings is 2. The van der Waals surface area contributed by atoms with Crippen LogP contribution in [0.2, 0.25) is 0 Å². The zero-order valence-corrected chi connectivity index (χ0v) is 14.2. The number of hydrogen-bond acceptors (Lipinski definition) is 5. The standard InChI is InChI=1S/C18H22N2O4/c1-19(13-15-5-4-6-16(11-15)20(21)22)10-9-14-7-8-17(23-2)18(12-14)24-3/h4-8,11-12H,9-10,13H2,1-3H3. The second-order valence-corrected chi connectivity index (χ2v) is 5.60. The van der Waals surface area contributed by atoms with Crippen LogP contribution in [0.15, 0.2) is 42.5 Å². The van der Waals surface area contributed by atoms with Gasteiger partial charge >= 0.3 is 0 Å². The number of non-ortho nitro benzene ring substituents is 1. The second-order valence-electron chi connectivity index (χ2n) is 5.60. The maximum Gasteiger partial charge on any atom is 0.269 e. The lowest BCUT2D eigenvalue weighted by molar-refractivity contribution is -0.384. The van der Waals surface area contributed by atoms with E-state index in [1.165, 1.54) is 6.07 Å². The maximum atomic E-state index is 10.8. The molecule has 2 aromatic rings. The lowest BCUT2D eigenvalue weighted by Crippen LogP contribution is -2.20. The molecule has 0 bridgehead atoms. The van der Waals surface area contributed by atoms with E-state index in [0.717, 1.165) is 29.8 Å². The van der Waals surface area contributed by atoms with Gasteiger partial charge in [-0.2, -0.15) is 0 Å². The molecule has 24 heavy (non-hydrogen) atoms. The van der Waals surface area contributed by atoms with Gasteiger partial charge in [-0.1, -0.05) is 18.2 Å². The van der Waals surface area contributed by atoms with Gasteiger partial charge in [-0.3, -0.25) is 10.1 Å². The van der Waals surface area contributed by atoms with Crippen LogP contribution in [0.1, 0.15) is 11.1 Å². The minimum Gasteiger partial charge on any atom is -0.493 e. The van der Waals surface area contributed by atoms with Crippen molar-refractivity contribution in [2.24, 2.45) is 0 Å². The van der Waals surface area contributed by atoms with Crippen molar-refractivity contribution >= 4 is 5.69 Å². The highest BCUT2D eigenvalue weighted by molar-refractivity contribution is 5.43. The van der Waals surface area contributed by atoms with Gasteiger partial charge in [0.15, 0.2) is 11.5 Å². The van der Waals surface area contributed by atoms with Crippen LogP contribution in [0.5, 0.6) is 11.5 Å². The first-order valence-corrected chi connectivity index (χ1v) is 7.66. The van der Waals surface area contributed by atoms with Crippen LogP contribution in [0.4, 0.5) is 5.69 Å². The number of rotatable bonds is 8. The van der Waals surface area contributed by atoms with Crippen molar-refractivity contribution in [2.45, 2.75) is 13.0 Å². The molecule has 0 spiro atoms. The van der Waals surface area contributed by atoms with Gasteiger partial charge in [0.1, 0.15) is 0 Å². The quantitative estimate of drug-likeness (QED) is 0.549. The van der Waals surface area contributed by atoms with E-state index in [1.54, 1.807) is 26.4 Å². The molecule has 0 unspecified atom stereocenters. The summed E-state index contributed by atoms with van der Waals surface area (Å²) >= 11 is 0. The zero-order valence-electron chi connectivity index (χ0n) is 14.2. The zero-order chi connectivity index (χ0) is 17.5. The van der Waals surface area contributed by atoms with Gasteiger partial charge in [0.2, 0.25) is 0 Å². The molecular formula is C18H22N2O4. The van der Waals surface area contributed by atoms with E-state index in [2.05, 4.69) is 4.90 Å². The number of ether oxygens (including phenoxy) is 2. The molecule has 0 aliphatic rings. The molecule has 0 radical (unpaired) electrons. The molecule has 0 saturated heterocycles. The molecule has 2 rings (SSSR count). The molecular weight excluding hydrogens is 308 g/mol. The summed E-state index contributed by atoms with van der Waals surface area (Å²) < 4.78 is 10.5. The number of likely N-dealkylation sites (N-methyl/N-ethyl adjacent to an activating group) is 1. The Labute approximate surface area is 141 Å². The molecule has 6 nitrogen and oxygen atoms in total. The van der Waals surface area contributed by atoms with Gasteiger partial charge in [-0.25, -0.2) is 0 Å². The van der Waals surface area contributed by atoms with Gasteiger partial charge in [0, 0.05) is 25.2 Å². The highest BCUT2D eigenvalue weighted by Gasteiger charge is 2.09. The number of nitro benzene ring substituents is 1. The van der Waals surface area contributed by atoms with Crippen molar-refractivity contribution in [3.05, 3.63) is 63.7 Å². The predicted octanol–water partition coefficient (Wildman–Crippen LogP) is 3.29. The number of nitro groups is 1. The molecule has 0 aliphatic heterocycles. The molecule has 128 valence electrons. The summed E-state index contributed by atoms with van der Waals surface area (Å²) in [6, 6.07) is 12.6. The minimum absolute atomic E-state index is 0.126. The summed E-state index contributed by atoms with van der Waals surface area (Å²) in [4.78, 5) is 12.6. The highest BCUT2D eigenvalue weighted by Crippen LogP contribution is 2.27.